The van der Waals surface area contributed by atoms with E-state index in [9.17, 15) is 0 Å². The average molecular weight is 461 g/mol. The zero-order chi connectivity index (χ0) is 16.1. The third-order valence-electron chi connectivity index (χ3n) is 3.97. The lowest BCUT2D eigenvalue weighted by Gasteiger charge is -2.12. The normalized spacial score (nSPS) is 13.3. The number of halogens is 2. The van der Waals surface area contributed by atoms with E-state index in [0.717, 1.165) is 60.5 Å². The van der Waals surface area contributed by atoms with Crippen LogP contribution in [0.1, 0.15) is 23.6 Å². The van der Waals surface area contributed by atoms with Gasteiger partial charge in [-0.15, -0.1) is 34.2 Å². The first-order valence-electron chi connectivity index (χ1n) is 7.87. The Morgan fingerprint density at radius 1 is 1.29 bits per heavy atom. The van der Waals surface area contributed by atoms with Crippen LogP contribution in [0.5, 0.6) is 0 Å². The maximum absolute atomic E-state index is 6.16. The van der Waals surface area contributed by atoms with E-state index in [2.05, 4.69) is 30.4 Å². The van der Waals surface area contributed by atoms with Gasteiger partial charge in [0, 0.05) is 31.6 Å². The van der Waals surface area contributed by atoms with Gasteiger partial charge < -0.3 is 15.2 Å². The zero-order valence-corrected chi connectivity index (χ0v) is 16.7. The summed E-state index contributed by atoms with van der Waals surface area (Å²) < 4.78 is 2.18. The molecule has 2 aromatic rings. The van der Waals surface area contributed by atoms with Crippen molar-refractivity contribution >= 4 is 41.5 Å². The van der Waals surface area contributed by atoms with Gasteiger partial charge in [0.1, 0.15) is 5.82 Å². The van der Waals surface area contributed by atoms with Crippen molar-refractivity contribution in [1.29, 1.82) is 0 Å². The number of nitrogens with zero attached hydrogens (tertiary/aromatic N) is 4. The van der Waals surface area contributed by atoms with Gasteiger partial charge in [-0.05, 0) is 24.5 Å². The van der Waals surface area contributed by atoms with Gasteiger partial charge in [0.15, 0.2) is 11.8 Å². The average Bonchev–Trinajstić information content (AvgIpc) is 3.16. The second kappa shape index (κ2) is 9.22. The van der Waals surface area contributed by atoms with Crippen LogP contribution in [-0.2, 0) is 25.9 Å². The summed E-state index contributed by atoms with van der Waals surface area (Å²) in [5.41, 5.74) is 1.13. The summed E-state index contributed by atoms with van der Waals surface area (Å²) in [5.74, 6) is 2.81. The molecule has 2 N–H and O–H groups in total. The van der Waals surface area contributed by atoms with E-state index in [-0.39, 0.29) is 24.0 Å². The number of aliphatic imine (C=N–C) groups is 1. The molecular weight excluding hydrogens is 439 g/mol. The first kappa shape index (κ1) is 19.0. The predicted molar refractivity (Wildman–Crippen MR) is 107 cm³/mol. The lowest BCUT2D eigenvalue weighted by molar-refractivity contribution is 0.662. The van der Waals surface area contributed by atoms with Gasteiger partial charge in [-0.2, -0.15) is 0 Å². The molecule has 1 aliphatic heterocycles. The Labute approximate surface area is 164 Å². The van der Waals surface area contributed by atoms with E-state index in [0.29, 0.717) is 6.54 Å². The summed E-state index contributed by atoms with van der Waals surface area (Å²) in [6.07, 6.45) is 3.03. The maximum atomic E-state index is 6.16. The van der Waals surface area contributed by atoms with Crippen LogP contribution in [0.4, 0.5) is 0 Å². The standard InChI is InChI=1S/C16H21ClN6.HI/c1-18-16(19-9-8-12-5-2-3-6-13(12)17)20-11-15-22-21-14-7-4-10-23(14)15;/h2-3,5-6H,4,7-11H2,1H3,(H2,18,19,20);1H. The maximum Gasteiger partial charge on any atom is 0.191 e. The van der Waals surface area contributed by atoms with E-state index >= 15 is 0 Å². The number of hydrogen-bond acceptors (Lipinski definition) is 3. The molecule has 24 heavy (non-hydrogen) atoms. The van der Waals surface area contributed by atoms with E-state index in [1.165, 1.54) is 0 Å². The fourth-order valence-corrected chi connectivity index (χ4v) is 2.97. The minimum absolute atomic E-state index is 0. The number of rotatable bonds is 5. The minimum atomic E-state index is 0. The monoisotopic (exact) mass is 460 g/mol. The molecule has 0 bridgehead atoms. The molecular formula is C16H22ClIN6. The van der Waals surface area contributed by atoms with Gasteiger partial charge in [-0.1, -0.05) is 29.8 Å². The third-order valence-corrected chi connectivity index (χ3v) is 4.34. The molecule has 0 unspecified atom stereocenters. The van der Waals surface area contributed by atoms with E-state index < -0.39 is 0 Å². The molecule has 0 radical (unpaired) electrons. The van der Waals surface area contributed by atoms with Crippen molar-refractivity contribution in [3.63, 3.8) is 0 Å². The topological polar surface area (TPSA) is 67.1 Å². The van der Waals surface area contributed by atoms with Crippen molar-refractivity contribution in [2.75, 3.05) is 13.6 Å². The molecule has 3 rings (SSSR count). The van der Waals surface area contributed by atoms with Gasteiger partial charge in [0.2, 0.25) is 0 Å². The van der Waals surface area contributed by atoms with Crippen LogP contribution < -0.4 is 10.6 Å². The lowest BCUT2D eigenvalue weighted by atomic mass is 10.1. The quantitative estimate of drug-likeness (QED) is 0.408. The van der Waals surface area contributed by atoms with Crippen LogP contribution in [0.3, 0.4) is 0 Å². The van der Waals surface area contributed by atoms with E-state index in [4.69, 9.17) is 11.6 Å². The van der Waals surface area contributed by atoms with Crippen molar-refractivity contribution in [2.24, 2.45) is 4.99 Å². The first-order chi connectivity index (χ1) is 11.3. The lowest BCUT2D eigenvalue weighted by Crippen LogP contribution is -2.38. The number of fused-ring (bicyclic) bond motifs is 1. The van der Waals surface area contributed by atoms with Crippen LogP contribution in [0.15, 0.2) is 29.3 Å². The second-order valence-corrected chi connectivity index (χ2v) is 5.89. The Hall–Kier alpha value is -1.35. The molecule has 0 aliphatic carbocycles. The van der Waals surface area contributed by atoms with Crippen molar-refractivity contribution in [3.8, 4) is 0 Å². The van der Waals surface area contributed by atoms with Crippen LogP contribution in [-0.4, -0.2) is 34.3 Å². The fourth-order valence-electron chi connectivity index (χ4n) is 2.74. The first-order valence-corrected chi connectivity index (χ1v) is 8.24. The molecule has 0 fully saturated rings. The van der Waals surface area contributed by atoms with Crippen molar-refractivity contribution in [2.45, 2.75) is 32.4 Å². The molecule has 0 saturated carbocycles. The van der Waals surface area contributed by atoms with Crippen LogP contribution in [0, 0.1) is 0 Å². The Bertz CT molecular complexity index is 700. The molecule has 1 aliphatic rings. The summed E-state index contributed by atoms with van der Waals surface area (Å²) >= 11 is 6.16. The van der Waals surface area contributed by atoms with Crippen LogP contribution in [0.25, 0.3) is 0 Å². The number of aromatic nitrogens is 3. The smallest absolute Gasteiger partial charge is 0.191 e. The molecule has 2 heterocycles. The Morgan fingerprint density at radius 3 is 2.92 bits per heavy atom. The highest BCUT2D eigenvalue weighted by Gasteiger charge is 2.16. The molecule has 6 nitrogen and oxygen atoms in total. The van der Waals surface area contributed by atoms with E-state index in [1.807, 2.05) is 24.3 Å². The largest absolute Gasteiger partial charge is 0.356 e. The van der Waals surface area contributed by atoms with Crippen molar-refractivity contribution in [3.05, 3.63) is 46.5 Å². The molecule has 8 heteroatoms. The fraction of sp³-hybridized carbons (Fsp3) is 0.438. The highest BCUT2D eigenvalue weighted by atomic mass is 127. The number of aryl methyl sites for hydroxylation is 1. The van der Waals surface area contributed by atoms with Gasteiger partial charge in [0.05, 0.1) is 6.54 Å². The molecule has 0 atom stereocenters. The zero-order valence-electron chi connectivity index (χ0n) is 13.6. The van der Waals surface area contributed by atoms with Gasteiger partial charge >= 0.3 is 0 Å². The summed E-state index contributed by atoms with van der Waals surface area (Å²) in [6.45, 7) is 2.40. The predicted octanol–water partition coefficient (Wildman–Crippen LogP) is 2.40. The van der Waals surface area contributed by atoms with Gasteiger partial charge in [-0.25, -0.2) is 0 Å². The van der Waals surface area contributed by atoms with Gasteiger partial charge in [0.25, 0.3) is 0 Å². The van der Waals surface area contributed by atoms with Crippen molar-refractivity contribution < 1.29 is 0 Å². The number of benzene rings is 1. The molecule has 0 spiro atoms. The minimum Gasteiger partial charge on any atom is -0.356 e. The van der Waals surface area contributed by atoms with Crippen molar-refractivity contribution in [1.82, 2.24) is 25.4 Å². The highest BCUT2D eigenvalue weighted by Crippen LogP contribution is 2.15. The second-order valence-electron chi connectivity index (χ2n) is 5.48. The van der Waals surface area contributed by atoms with Crippen LogP contribution in [0.2, 0.25) is 5.02 Å². The van der Waals surface area contributed by atoms with Crippen LogP contribution >= 0.6 is 35.6 Å². The summed E-state index contributed by atoms with van der Waals surface area (Å²) in [5, 5.41) is 15.8. The Morgan fingerprint density at radius 2 is 2.12 bits per heavy atom. The SMILES string of the molecule is CN=C(NCCc1ccccc1Cl)NCc1nnc2n1CCC2.I. The number of guanidine groups is 1. The molecule has 0 amide bonds. The summed E-state index contributed by atoms with van der Waals surface area (Å²) in [6, 6.07) is 7.90. The highest BCUT2D eigenvalue weighted by molar-refractivity contribution is 14.0. The summed E-state index contributed by atoms with van der Waals surface area (Å²) in [7, 11) is 1.76. The molecule has 1 aromatic carbocycles. The summed E-state index contributed by atoms with van der Waals surface area (Å²) in [4.78, 5) is 4.24. The molecule has 1 aromatic heterocycles. The molecule has 0 saturated heterocycles. The third kappa shape index (κ3) is 4.60. The van der Waals surface area contributed by atoms with E-state index in [1.54, 1.807) is 7.05 Å². The molecule has 130 valence electrons. The Kier molecular flexibility index (Phi) is 7.29. The Balaban J connectivity index is 0.00000208. The van der Waals surface area contributed by atoms with Gasteiger partial charge in [-0.3, -0.25) is 4.99 Å². The number of hydrogen-bond donors (Lipinski definition) is 2. The number of nitrogens with one attached hydrogen (secondary N) is 2.